The molecular weight excluding hydrogens is 364 g/mol. The second-order valence-corrected chi connectivity index (χ2v) is 7.55. The van der Waals surface area contributed by atoms with Crippen LogP contribution in [0.25, 0.3) is 0 Å². The molecule has 0 aliphatic carbocycles. The molecule has 152 valence electrons. The molecule has 2 aromatic carbocycles. The highest BCUT2D eigenvalue weighted by Crippen LogP contribution is 2.27. The second kappa shape index (κ2) is 10.0. The van der Waals surface area contributed by atoms with Crippen molar-refractivity contribution in [3.8, 4) is 5.75 Å². The first-order chi connectivity index (χ1) is 14.0. The quantitative estimate of drug-likeness (QED) is 0.535. The summed E-state index contributed by atoms with van der Waals surface area (Å²) in [4.78, 5) is 11.9. The van der Waals surface area contributed by atoms with Gasteiger partial charge in [0.05, 0.1) is 25.3 Å². The number of esters is 1. The van der Waals surface area contributed by atoms with Gasteiger partial charge in [-0.25, -0.2) is 0 Å². The maximum absolute atomic E-state index is 11.9. The van der Waals surface area contributed by atoms with Crippen molar-refractivity contribution >= 4 is 5.97 Å². The molecule has 0 radical (unpaired) electrons. The van der Waals surface area contributed by atoms with Crippen molar-refractivity contribution in [2.75, 3.05) is 13.2 Å². The molecule has 1 heterocycles. The number of benzene rings is 2. The minimum Gasteiger partial charge on any atom is -0.493 e. The molecule has 0 bridgehead atoms. The van der Waals surface area contributed by atoms with Crippen molar-refractivity contribution in [1.29, 1.82) is 0 Å². The third kappa shape index (κ3) is 6.01. The highest BCUT2D eigenvalue weighted by Gasteiger charge is 2.16. The van der Waals surface area contributed by atoms with E-state index >= 15 is 0 Å². The van der Waals surface area contributed by atoms with Gasteiger partial charge in [-0.2, -0.15) is 10.2 Å². The van der Waals surface area contributed by atoms with E-state index in [2.05, 4.69) is 37.1 Å². The van der Waals surface area contributed by atoms with Crippen LogP contribution in [0, 0.1) is 12.8 Å². The number of nitrogens with zero attached hydrogens (tertiary/aromatic N) is 2. The Hall–Kier alpha value is -2.95. The first-order valence-electron chi connectivity index (χ1n) is 10.0. The van der Waals surface area contributed by atoms with E-state index in [0.29, 0.717) is 25.7 Å². The Morgan fingerprint density at radius 3 is 2.66 bits per heavy atom. The fraction of sp³-hybridized carbons (Fsp3) is 0.375. The van der Waals surface area contributed by atoms with E-state index in [4.69, 9.17) is 9.47 Å². The number of aryl methyl sites for hydroxylation is 1. The van der Waals surface area contributed by atoms with Gasteiger partial charge in [-0.1, -0.05) is 50.2 Å². The van der Waals surface area contributed by atoms with E-state index in [1.165, 1.54) is 11.1 Å². The van der Waals surface area contributed by atoms with Gasteiger partial charge in [0.2, 0.25) is 0 Å². The topological polar surface area (TPSA) is 60.2 Å². The van der Waals surface area contributed by atoms with Crippen molar-refractivity contribution in [3.63, 3.8) is 0 Å². The molecule has 0 fully saturated rings. The van der Waals surface area contributed by atoms with Crippen LogP contribution in [0.4, 0.5) is 0 Å². The molecular formula is C24H28N2O3. The normalized spacial score (nSPS) is 13.2. The molecule has 0 aromatic heterocycles. The standard InChI is InChI=1S/C24H28N2O3/c1-17(2)24-21(15-25-26-24)14-20-9-10-22(13-18(20)3)28-12-11-23(27)29-16-19-7-5-4-6-8-19/h4-10,13,17H,11-12,14-16H2,1-3H3. The molecule has 0 N–H and O–H groups in total. The van der Waals surface area contributed by atoms with Crippen molar-refractivity contribution in [1.82, 2.24) is 0 Å². The molecule has 1 aliphatic heterocycles. The lowest BCUT2D eigenvalue weighted by atomic mass is 9.96. The van der Waals surface area contributed by atoms with Gasteiger partial charge >= 0.3 is 5.97 Å². The van der Waals surface area contributed by atoms with Crippen LogP contribution in [0.1, 0.15) is 37.0 Å². The lowest BCUT2D eigenvalue weighted by Gasteiger charge is -2.12. The zero-order valence-electron chi connectivity index (χ0n) is 17.4. The van der Waals surface area contributed by atoms with Crippen LogP contribution >= 0.6 is 0 Å². The van der Waals surface area contributed by atoms with Crippen molar-refractivity contribution in [3.05, 3.63) is 76.5 Å². The van der Waals surface area contributed by atoms with Crippen molar-refractivity contribution in [2.24, 2.45) is 16.1 Å². The van der Waals surface area contributed by atoms with E-state index in [1.807, 2.05) is 42.5 Å². The van der Waals surface area contributed by atoms with Gasteiger partial charge in [0.1, 0.15) is 12.4 Å². The Morgan fingerprint density at radius 2 is 1.93 bits per heavy atom. The Kier molecular flexibility index (Phi) is 7.17. The number of carbonyl (C=O) groups excluding carboxylic acids is 1. The summed E-state index contributed by atoms with van der Waals surface area (Å²) in [7, 11) is 0. The highest BCUT2D eigenvalue weighted by molar-refractivity contribution is 5.69. The van der Waals surface area contributed by atoms with Crippen LogP contribution in [0.2, 0.25) is 0 Å². The van der Waals surface area contributed by atoms with Crippen LogP contribution in [0.5, 0.6) is 5.75 Å². The summed E-state index contributed by atoms with van der Waals surface area (Å²) >= 11 is 0. The summed E-state index contributed by atoms with van der Waals surface area (Å²) in [5, 5.41) is 8.47. The first-order valence-corrected chi connectivity index (χ1v) is 10.0. The molecule has 29 heavy (non-hydrogen) atoms. The van der Waals surface area contributed by atoms with E-state index in [1.54, 1.807) is 0 Å². The first kappa shape index (κ1) is 20.8. The third-order valence-electron chi connectivity index (χ3n) is 4.88. The van der Waals surface area contributed by atoms with Crippen LogP contribution in [-0.2, 0) is 22.6 Å². The zero-order chi connectivity index (χ0) is 20.6. The smallest absolute Gasteiger partial charge is 0.309 e. The fourth-order valence-corrected chi connectivity index (χ4v) is 3.27. The summed E-state index contributed by atoms with van der Waals surface area (Å²) < 4.78 is 11.0. The molecule has 0 amide bonds. The molecule has 0 saturated heterocycles. The summed E-state index contributed by atoms with van der Waals surface area (Å²) in [5.41, 5.74) is 5.79. The van der Waals surface area contributed by atoms with E-state index < -0.39 is 0 Å². The van der Waals surface area contributed by atoms with Crippen LogP contribution in [-0.4, -0.2) is 19.1 Å². The zero-order valence-corrected chi connectivity index (χ0v) is 17.4. The van der Waals surface area contributed by atoms with E-state index in [0.717, 1.165) is 29.0 Å². The molecule has 0 unspecified atom stereocenters. The van der Waals surface area contributed by atoms with Crippen LogP contribution in [0.15, 0.2) is 70.0 Å². The SMILES string of the molecule is Cc1cc(OCCC(=O)OCc2ccccc2)ccc1CC1=C(C(C)C)N=NC1. The molecule has 1 aliphatic rings. The average molecular weight is 392 g/mol. The molecule has 0 spiro atoms. The maximum Gasteiger partial charge on any atom is 0.309 e. The van der Waals surface area contributed by atoms with Crippen molar-refractivity contribution in [2.45, 2.75) is 40.2 Å². The van der Waals surface area contributed by atoms with Crippen LogP contribution < -0.4 is 4.74 Å². The molecule has 0 atom stereocenters. The third-order valence-corrected chi connectivity index (χ3v) is 4.88. The number of hydrogen-bond acceptors (Lipinski definition) is 5. The molecule has 5 nitrogen and oxygen atoms in total. The number of allylic oxidation sites excluding steroid dienone is 1. The number of ether oxygens (including phenoxy) is 2. The van der Waals surface area contributed by atoms with Gasteiger partial charge in [-0.05, 0) is 53.7 Å². The van der Waals surface area contributed by atoms with E-state index in [9.17, 15) is 4.79 Å². The van der Waals surface area contributed by atoms with Crippen molar-refractivity contribution < 1.29 is 14.3 Å². The predicted octanol–water partition coefficient (Wildman–Crippen LogP) is 5.43. The van der Waals surface area contributed by atoms with Crippen LogP contribution in [0.3, 0.4) is 0 Å². The van der Waals surface area contributed by atoms with Gasteiger partial charge in [0, 0.05) is 0 Å². The Balaban J connectivity index is 1.47. The predicted molar refractivity (Wildman–Crippen MR) is 113 cm³/mol. The molecule has 3 rings (SSSR count). The second-order valence-electron chi connectivity index (χ2n) is 7.55. The minimum atomic E-state index is -0.260. The van der Waals surface area contributed by atoms with E-state index in [-0.39, 0.29) is 12.4 Å². The summed E-state index contributed by atoms with van der Waals surface area (Å²) in [5.74, 6) is 0.894. The highest BCUT2D eigenvalue weighted by atomic mass is 16.5. The number of hydrogen-bond donors (Lipinski definition) is 0. The summed E-state index contributed by atoms with van der Waals surface area (Å²) in [6.07, 6.45) is 1.08. The Labute approximate surface area is 172 Å². The monoisotopic (exact) mass is 392 g/mol. The summed E-state index contributed by atoms with van der Waals surface area (Å²) in [6.45, 7) is 7.65. The van der Waals surface area contributed by atoms with Gasteiger partial charge in [-0.15, -0.1) is 0 Å². The van der Waals surface area contributed by atoms with Gasteiger partial charge in [-0.3, -0.25) is 4.79 Å². The fourth-order valence-electron chi connectivity index (χ4n) is 3.27. The lowest BCUT2D eigenvalue weighted by molar-refractivity contribution is -0.145. The largest absolute Gasteiger partial charge is 0.493 e. The number of rotatable bonds is 9. The van der Waals surface area contributed by atoms with Gasteiger partial charge in [0.15, 0.2) is 0 Å². The molecule has 2 aromatic rings. The van der Waals surface area contributed by atoms with Gasteiger partial charge in [0.25, 0.3) is 0 Å². The maximum atomic E-state index is 11.9. The molecule has 0 saturated carbocycles. The minimum absolute atomic E-state index is 0.223. The molecule has 5 heteroatoms. The lowest BCUT2D eigenvalue weighted by Crippen LogP contribution is -2.10. The Morgan fingerprint density at radius 1 is 1.14 bits per heavy atom. The Bertz CT molecular complexity index is 902. The average Bonchev–Trinajstić information content (AvgIpc) is 3.18. The number of azo groups is 1. The summed E-state index contributed by atoms with van der Waals surface area (Å²) in [6, 6.07) is 15.7. The van der Waals surface area contributed by atoms with Gasteiger partial charge < -0.3 is 9.47 Å². The number of carbonyl (C=O) groups is 1.